The quantitative estimate of drug-likeness (QED) is 0.761. The maximum absolute atomic E-state index is 13.6. The van der Waals surface area contributed by atoms with Crippen molar-refractivity contribution in [2.24, 2.45) is 0 Å². The lowest BCUT2D eigenvalue weighted by Crippen LogP contribution is -2.16. The largest absolute Gasteiger partial charge is 0.391 e. The highest BCUT2D eigenvalue weighted by molar-refractivity contribution is 5.59. The zero-order valence-electron chi connectivity index (χ0n) is 9.77. The summed E-state index contributed by atoms with van der Waals surface area (Å²) in [4.78, 5) is 17.4. The fourth-order valence-corrected chi connectivity index (χ4v) is 1.49. The number of aromatic nitrogens is 2. The monoisotopic (exact) mass is 259 g/mol. The Morgan fingerprint density at radius 3 is 3.00 bits per heavy atom. The van der Waals surface area contributed by atoms with E-state index in [0.717, 1.165) is 6.07 Å². The number of rotatable bonds is 3. The number of nitriles is 1. The van der Waals surface area contributed by atoms with Crippen molar-refractivity contribution in [2.75, 3.05) is 11.1 Å². The third-order valence-electron chi connectivity index (χ3n) is 2.52. The number of nitrogens with zero attached hydrogens (tertiary/aromatic N) is 2. The molecule has 0 fully saturated rings. The minimum Gasteiger partial charge on any atom is -0.391 e. The molecule has 0 radical (unpaired) electrons. The predicted molar refractivity (Wildman–Crippen MR) is 67.7 cm³/mol. The van der Waals surface area contributed by atoms with Crippen LogP contribution in [0.1, 0.15) is 11.1 Å². The summed E-state index contributed by atoms with van der Waals surface area (Å²) in [6.45, 7) is 0.109. The number of nitrogen functional groups attached to an aromatic ring is 1. The van der Waals surface area contributed by atoms with Crippen LogP contribution in [0.25, 0.3) is 0 Å². The van der Waals surface area contributed by atoms with E-state index in [4.69, 9.17) is 11.0 Å². The first-order chi connectivity index (χ1) is 9.11. The Balaban J connectivity index is 2.17. The van der Waals surface area contributed by atoms with Crippen LogP contribution in [-0.2, 0) is 6.54 Å². The molecular formula is C12H10FN5O. The van der Waals surface area contributed by atoms with Gasteiger partial charge >= 0.3 is 0 Å². The third-order valence-corrected chi connectivity index (χ3v) is 2.52. The molecule has 0 aliphatic heterocycles. The van der Waals surface area contributed by atoms with Crippen LogP contribution in [0.2, 0.25) is 0 Å². The van der Waals surface area contributed by atoms with Crippen molar-refractivity contribution >= 4 is 11.5 Å². The van der Waals surface area contributed by atoms with Crippen LogP contribution in [0.15, 0.2) is 29.3 Å². The molecule has 96 valence electrons. The summed E-state index contributed by atoms with van der Waals surface area (Å²) in [5.41, 5.74) is 5.60. The molecule has 6 nitrogen and oxygen atoms in total. The highest BCUT2D eigenvalue weighted by atomic mass is 19.1. The van der Waals surface area contributed by atoms with E-state index in [1.54, 1.807) is 0 Å². The summed E-state index contributed by atoms with van der Waals surface area (Å²) in [5.74, 6) is -0.317. The van der Waals surface area contributed by atoms with Crippen LogP contribution < -0.4 is 16.6 Å². The van der Waals surface area contributed by atoms with Gasteiger partial charge in [-0.2, -0.15) is 5.26 Å². The maximum Gasteiger partial charge on any atom is 0.276 e. The van der Waals surface area contributed by atoms with Crippen LogP contribution in [0.5, 0.6) is 0 Å². The number of hydrogen-bond acceptors (Lipinski definition) is 5. The minimum absolute atomic E-state index is 0.0587. The van der Waals surface area contributed by atoms with Crippen molar-refractivity contribution in [2.45, 2.75) is 6.54 Å². The van der Waals surface area contributed by atoms with E-state index in [0.29, 0.717) is 5.56 Å². The molecule has 0 atom stereocenters. The Kier molecular flexibility index (Phi) is 3.43. The smallest absolute Gasteiger partial charge is 0.276 e. The van der Waals surface area contributed by atoms with E-state index < -0.39 is 11.4 Å². The van der Waals surface area contributed by atoms with Crippen LogP contribution in [-0.4, -0.2) is 9.97 Å². The topological polar surface area (TPSA) is 108 Å². The zero-order chi connectivity index (χ0) is 13.8. The number of hydrogen-bond donors (Lipinski definition) is 3. The van der Waals surface area contributed by atoms with E-state index in [2.05, 4.69) is 15.3 Å². The van der Waals surface area contributed by atoms with E-state index in [9.17, 15) is 9.18 Å². The lowest BCUT2D eigenvalue weighted by atomic mass is 10.1. The Morgan fingerprint density at radius 2 is 2.32 bits per heavy atom. The lowest BCUT2D eigenvalue weighted by Gasteiger charge is -2.08. The highest BCUT2D eigenvalue weighted by Gasteiger charge is 2.07. The van der Waals surface area contributed by atoms with Crippen molar-refractivity contribution in [3.05, 3.63) is 51.8 Å². The molecule has 2 rings (SSSR count). The molecule has 7 heteroatoms. The van der Waals surface area contributed by atoms with Gasteiger partial charge < -0.3 is 16.0 Å². The fourth-order valence-electron chi connectivity index (χ4n) is 1.49. The number of aromatic amines is 1. The van der Waals surface area contributed by atoms with Gasteiger partial charge in [-0.25, -0.2) is 9.37 Å². The van der Waals surface area contributed by atoms with Gasteiger partial charge in [-0.1, -0.05) is 6.07 Å². The fraction of sp³-hybridized carbons (Fsp3) is 0.0833. The molecule has 1 aromatic carbocycles. The third kappa shape index (κ3) is 2.69. The van der Waals surface area contributed by atoms with E-state index in [1.807, 2.05) is 6.07 Å². The van der Waals surface area contributed by atoms with E-state index in [1.165, 1.54) is 18.5 Å². The van der Waals surface area contributed by atoms with Crippen molar-refractivity contribution in [1.29, 1.82) is 5.26 Å². The van der Waals surface area contributed by atoms with Gasteiger partial charge in [0.2, 0.25) is 0 Å². The normalized spacial score (nSPS) is 9.89. The number of anilines is 2. The second-order valence-electron chi connectivity index (χ2n) is 3.77. The number of nitrogens with two attached hydrogens (primary N) is 1. The summed E-state index contributed by atoms with van der Waals surface area (Å²) in [6, 6.07) is 5.99. The number of nitrogens with one attached hydrogen (secondary N) is 2. The molecule has 0 saturated carbocycles. The molecule has 1 aromatic heterocycles. The van der Waals surface area contributed by atoms with Crippen LogP contribution in [0.3, 0.4) is 0 Å². The molecule has 0 saturated heterocycles. The second kappa shape index (κ2) is 5.18. The van der Waals surface area contributed by atoms with E-state index in [-0.39, 0.29) is 23.6 Å². The molecule has 0 aliphatic rings. The Morgan fingerprint density at radius 1 is 1.53 bits per heavy atom. The minimum atomic E-state index is -0.505. The maximum atomic E-state index is 13.6. The molecule has 0 aliphatic carbocycles. The number of H-pyrrole nitrogens is 1. The number of benzene rings is 1. The zero-order valence-corrected chi connectivity index (χ0v) is 9.77. The Bertz CT molecular complexity index is 704. The molecule has 0 unspecified atom stereocenters. The molecule has 4 N–H and O–H groups in total. The van der Waals surface area contributed by atoms with Gasteiger partial charge in [0.25, 0.3) is 5.56 Å². The van der Waals surface area contributed by atoms with Gasteiger partial charge in [0.1, 0.15) is 11.5 Å². The average Bonchev–Trinajstić information content (AvgIpc) is 2.41. The van der Waals surface area contributed by atoms with Gasteiger partial charge in [0.15, 0.2) is 5.82 Å². The summed E-state index contributed by atoms with van der Waals surface area (Å²) in [5, 5.41) is 11.4. The first-order valence-corrected chi connectivity index (χ1v) is 5.37. The van der Waals surface area contributed by atoms with Gasteiger partial charge in [-0.05, 0) is 12.1 Å². The number of halogens is 1. The van der Waals surface area contributed by atoms with Crippen molar-refractivity contribution in [3.8, 4) is 6.07 Å². The van der Waals surface area contributed by atoms with Gasteiger partial charge in [-0.3, -0.25) is 4.79 Å². The summed E-state index contributed by atoms with van der Waals surface area (Å²) < 4.78 is 13.6. The lowest BCUT2D eigenvalue weighted by molar-refractivity contribution is 0.612. The molecule has 1 heterocycles. The Labute approximate surface area is 107 Å². The van der Waals surface area contributed by atoms with Crippen LogP contribution in [0, 0.1) is 17.1 Å². The summed E-state index contributed by atoms with van der Waals surface area (Å²) in [7, 11) is 0. The van der Waals surface area contributed by atoms with Crippen molar-refractivity contribution < 1.29 is 4.39 Å². The molecule has 0 bridgehead atoms. The van der Waals surface area contributed by atoms with Gasteiger partial charge in [-0.15, -0.1) is 0 Å². The van der Waals surface area contributed by atoms with Crippen LogP contribution >= 0.6 is 0 Å². The first kappa shape index (κ1) is 12.6. The summed E-state index contributed by atoms with van der Waals surface area (Å²) >= 11 is 0. The van der Waals surface area contributed by atoms with Crippen molar-refractivity contribution in [1.82, 2.24) is 9.97 Å². The average molecular weight is 259 g/mol. The molecule has 0 spiro atoms. The molecule has 19 heavy (non-hydrogen) atoms. The molecule has 2 aromatic rings. The standard InChI is InChI=1S/C12H10FN5O/c13-9-3-7(4-14)1-2-8(9)5-16-11-10(15)12(19)18-6-17-11/h1-3,6H,5,15H2,(H2,16,17,18,19). The predicted octanol–water partition coefficient (Wildman–Crippen LogP) is 0.975. The van der Waals surface area contributed by atoms with Crippen LogP contribution in [0.4, 0.5) is 15.9 Å². The Hall–Kier alpha value is -2.88. The van der Waals surface area contributed by atoms with Crippen molar-refractivity contribution in [3.63, 3.8) is 0 Å². The summed E-state index contributed by atoms with van der Waals surface area (Å²) in [6.07, 6.45) is 1.20. The SMILES string of the molecule is N#Cc1ccc(CNc2nc[nH]c(=O)c2N)c(F)c1. The second-order valence-corrected chi connectivity index (χ2v) is 3.77. The molecule has 0 amide bonds. The first-order valence-electron chi connectivity index (χ1n) is 5.37. The van der Waals surface area contributed by atoms with Gasteiger partial charge in [0, 0.05) is 12.1 Å². The van der Waals surface area contributed by atoms with Gasteiger partial charge in [0.05, 0.1) is 18.0 Å². The van der Waals surface area contributed by atoms with E-state index >= 15 is 0 Å². The molecular weight excluding hydrogens is 249 g/mol. The highest BCUT2D eigenvalue weighted by Crippen LogP contribution is 2.13.